The van der Waals surface area contributed by atoms with Crippen LogP contribution in [-0.4, -0.2) is 50.5 Å². The summed E-state index contributed by atoms with van der Waals surface area (Å²) in [6.45, 7) is 0.981. The van der Waals surface area contributed by atoms with Crippen molar-refractivity contribution in [2.45, 2.75) is 55.3 Å². The standard InChI is InChI=1S/C33H28ClF2N5O4S/c1-31(30(37)43)15-45-27-21(31)11-24(39-26(27)20-13-46-28-19(20)3-2-4-23(28)35)33(44,32(36)7-8-32)14-38-29(42)16-9-17-12-41(18-5-6-18)40-25(17)22(34)10-16/h2-4,9-13,18,44H,5-8,14-15H2,1H3,(H2,37,43)(H,38,42)/t31-,33-/m0/s1. The van der Waals surface area contributed by atoms with Crippen molar-refractivity contribution in [3.8, 4) is 17.0 Å². The Balaban J connectivity index is 1.21. The van der Waals surface area contributed by atoms with E-state index in [1.165, 1.54) is 29.5 Å². The highest BCUT2D eigenvalue weighted by Crippen LogP contribution is 2.55. The van der Waals surface area contributed by atoms with Crippen molar-refractivity contribution in [2.75, 3.05) is 13.2 Å². The van der Waals surface area contributed by atoms with E-state index < -0.39 is 40.9 Å². The average molecular weight is 664 g/mol. The predicted molar refractivity (Wildman–Crippen MR) is 169 cm³/mol. The highest BCUT2D eigenvalue weighted by molar-refractivity contribution is 7.17. The molecule has 236 valence electrons. The molecule has 1 aliphatic heterocycles. The van der Waals surface area contributed by atoms with Gasteiger partial charge in [0, 0.05) is 39.0 Å². The number of primary amides is 1. The monoisotopic (exact) mass is 663 g/mol. The quantitative estimate of drug-likeness (QED) is 0.195. The molecule has 9 nitrogen and oxygen atoms in total. The summed E-state index contributed by atoms with van der Waals surface area (Å²) in [7, 11) is 0. The van der Waals surface area contributed by atoms with Gasteiger partial charge in [-0.2, -0.15) is 5.10 Å². The van der Waals surface area contributed by atoms with Crippen molar-refractivity contribution in [1.29, 1.82) is 0 Å². The van der Waals surface area contributed by atoms with E-state index in [0.29, 0.717) is 43.2 Å². The highest BCUT2D eigenvalue weighted by Gasteiger charge is 2.62. The van der Waals surface area contributed by atoms with Crippen molar-refractivity contribution in [3.63, 3.8) is 0 Å². The number of thiophene rings is 1. The van der Waals surface area contributed by atoms with E-state index in [9.17, 15) is 19.1 Å². The third-order valence-corrected chi connectivity index (χ3v) is 10.8. The van der Waals surface area contributed by atoms with Crippen LogP contribution in [0.4, 0.5) is 8.78 Å². The average Bonchev–Trinajstić information content (AvgIpc) is 3.89. The van der Waals surface area contributed by atoms with Crippen LogP contribution in [0.3, 0.4) is 0 Å². The van der Waals surface area contributed by atoms with Crippen molar-refractivity contribution >= 4 is 55.7 Å². The Kier molecular flexibility index (Phi) is 6.32. The zero-order valence-electron chi connectivity index (χ0n) is 24.6. The molecule has 4 heterocycles. The summed E-state index contributed by atoms with van der Waals surface area (Å²) in [4.78, 5) is 30.9. The number of nitrogens with one attached hydrogen (secondary N) is 1. The van der Waals surface area contributed by atoms with Crippen LogP contribution in [0.1, 0.15) is 60.3 Å². The number of nitrogens with two attached hydrogens (primary N) is 1. The summed E-state index contributed by atoms with van der Waals surface area (Å²) in [5.41, 5.74) is 1.84. The van der Waals surface area contributed by atoms with Crippen molar-refractivity contribution < 1.29 is 28.2 Å². The van der Waals surface area contributed by atoms with Gasteiger partial charge < -0.3 is 20.9 Å². The molecule has 2 aromatic carbocycles. The molecule has 46 heavy (non-hydrogen) atoms. The van der Waals surface area contributed by atoms with Crippen LogP contribution in [0.2, 0.25) is 5.02 Å². The van der Waals surface area contributed by atoms with E-state index in [1.807, 2.05) is 10.9 Å². The van der Waals surface area contributed by atoms with Gasteiger partial charge in [0.2, 0.25) is 5.91 Å². The largest absolute Gasteiger partial charge is 0.489 e. The minimum absolute atomic E-state index is 0.0296. The summed E-state index contributed by atoms with van der Waals surface area (Å²) in [6.07, 6.45) is 3.97. The SMILES string of the molecule is C[C@]1(C(N)=O)COc2c1cc([C@@](O)(CNC(=O)c1cc(Cl)c3nn(C4CC4)cc3c1)C1(F)CC1)nc2-c1csc2c(F)cccc12. The van der Waals surface area contributed by atoms with E-state index >= 15 is 4.39 Å². The molecule has 2 saturated carbocycles. The molecule has 2 aliphatic carbocycles. The van der Waals surface area contributed by atoms with E-state index in [1.54, 1.807) is 30.5 Å². The summed E-state index contributed by atoms with van der Waals surface area (Å²) in [5.74, 6) is -1.41. The number of halogens is 3. The van der Waals surface area contributed by atoms with Crippen molar-refractivity contribution in [3.05, 3.63) is 75.6 Å². The molecule has 3 aromatic heterocycles. The van der Waals surface area contributed by atoms with Gasteiger partial charge in [-0.3, -0.25) is 14.3 Å². The fourth-order valence-electron chi connectivity index (χ4n) is 6.27. The number of aromatic nitrogens is 3. The van der Waals surface area contributed by atoms with Crippen LogP contribution in [0.25, 0.3) is 32.2 Å². The van der Waals surface area contributed by atoms with Gasteiger partial charge >= 0.3 is 0 Å². The van der Waals surface area contributed by atoms with Gasteiger partial charge in [-0.25, -0.2) is 13.8 Å². The smallest absolute Gasteiger partial charge is 0.251 e. The number of fused-ring (bicyclic) bond motifs is 3. The molecular weight excluding hydrogens is 636 g/mol. The molecule has 0 bridgehead atoms. The summed E-state index contributed by atoms with van der Waals surface area (Å²) in [5, 5.41) is 22.7. The van der Waals surface area contributed by atoms with Gasteiger partial charge in [-0.1, -0.05) is 23.7 Å². The van der Waals surface area contributed by atoms with Crippen LogP contribution in [0.5, 0.6) is 5.75 Å². The van der Waals surface area contributed by atoms with E-state index in [-0.39, 0.29) is 42.1 Å². The van der Waals surface area contributed by atoms with Crippen LogP contribution in [0, 0.1) is 5.82 Å². The van der Waals surface area contributed by atoms with Gasteiger partial charge in [-0.15, -0.1) is 11.3 Å². The number of hydrogen-bond acceptors (Lipinski definition) is 7. The molecule has 0 radical (unpaired) electrons. The minimum atomic E-state index is -2.30. The second-order valence-electron chi connectivity index (χ2n) is 12.7. The summed E-state index contributed by atoms with van der Waals surface area (Å²) >= 11 is 7.66. The van der Waals surface area contributed by atoms with Crippen LogP contribution >= 0.6 is 22.9 Å². The first-order chi connectivity index (χ1) is 21.9. The Labute approximate surface area is 270 Å². The lowest BCUT2D eigenvalue weighted by Gasteiger charge is -2.33. The molecule has 2 atom stereocenters. The Hall–Kier alpha value is -4.13. The molecule has 13 heteroatoms. The zero-order valence-corrected chi connectivity index (χ0v) is 26.1. The number of rotatable bonds is 8. The van der Waals surface area contributed by atoms with Crippen molar-refractivity contribution in [1.82, 2.24) is 20.1 Å². The number of carbonyl (C=O) groups excluding carboxylic acids is 2. The first-order valence-electron chi connectivity index (χ1n) is 14.9. The highest BCUT2D eigenvalue weighted by atomic mass is 35.5. The second kappa shape index (κ2) is 9.93. The molecule has 4 N–H and O–H groups in total. The molecule has 5 aromatic rings. The Morgan fingerprint density at radius 2 is 2.07 bits per heavy atom. The maximum absolute atomic E-state index is 16.3. The first-order valence-corrected chi connectivity index (χ1v) is 16.2. The molecular formula is C33H28ClF2N5O4S. The lowest BCUT2D eigenvalue weighted by atomic mass is 9.80. The number of benzene rings is 2. The maximum Gasteiger partial charge on any atom is 0.251 e. The number of ether oxygens (including phenoxy) is 1. The van der Waals surface area contributed by atoms with Gasteiger partial charge in [0.05, 0.1) is 28.0 Å². The summed E-state index contributed by atoms with van der Waals surface area (Å²) in [6, 6.07) is 9.56. The normalized spacial score (nSPS) is 21.2. The fraction of sp³-hybridized carbons (Fsp3) is 0.333. The Morgan fingerprint density at radius 3 is 2.78 bits per heavy atom. The number of alkyl halides is 1. The minimum Gasteiger partial charge on any atom is -0.489 e. The Bertz CT molecular complexity index is 2130. The summed E-state index contributed by atoms with van der Waals surface area (Å²) < 4.78 is 39.2. The Morgan fingerprint density at radius 1 is 1.28 bits per heavy atom. The van der Waals surface area contributed by atoms with Gasteiger partial charge in [0.25, 0.3) is 5.91 Å². The molecule has 2 fully saturated rings. The number of pyridine rings is 1. The maximum atomic E-state index is 16.3. The second-order valence-corrected chi connectivity index (χ2v) is 14.0. The van der Waals surface area contributed by atoms with Crippen LogP contribution in [-0.2, 0) is 15.8 Å². The molecule has 3 aliphatic rings. The van der Waals surface area contributed by atoms with Crippen LogP contribution < -0.4 is 15.8 Å². The van der Waals surface area contributed by atoms with Gasteiger partial charge in [0.15, 0.2) is 5.60 Å². The molecule has 2 amide bonds. The number of hydrogen-bond donors (Lipinski definition) is 3. The number of amides is 2. The molecule has 0 saturated heterocycles. The number of aliphatic hydroxyl groups is 1. The molecule has 8 rings (SSSR count). The fourth-order valence-corrected chi connectivity index (χ4v) is 7.49. The lowest BCUT2D eigenvalue weighted by molar-refractivity contribution is -0.123. The van der Waals surface area contributed by atoms with Gasteiger partial charge in [0.1, 0.15) is 40.5 Å². The number of nitrogens with zero attached hydrogens (tertiary/aromatic N) is 3. The third kappa shape index (κ3) is 4.34. The van der Waals surface area contributed by atoms with Crippen LogP contribution in [0.15, 0.2) is 48.0 Å². The van der Waals surface area contributed by atoms with E-state index in [4.69, 9.17) is 27.1 Å². The van der Waals surface area contributed by atoms with E-state index in [0.717, 1.165) is 12.8 Å². The predicted octanol–water partition coefficient (Wildman–Crippen LogP) is 5.70. The van der Waals surface area contributed by atoms with E-state index in [2.05, 4.69) is 10.4 Å². The first kappa shape index (κ1) is 29.3. The third-order valence-electron chi connectivity index (χ3n) is 9.54. The van der Waals surface area contributed by atoms with Gasteiger partial charge in [-0.05, 0) is 56.9 Å². The lowest BCUT2D eigenvalue weighted by Crippen LogP contribution is -2.49. The van der Waals surface area contributed by atoms with Crippen molar-refractivity contribution in [2.24, 2.45) is 5.73 Å². The molecule has 0 spiro atoms. The molecule has 0 unspecified atom stereocenters. The zero-order chi connectivity index (χ0) is 32.2. The number of carbonyl (C=O) groups is 2. The topological polar surface area (TPSA) is 132 Å².